The second-order valence-corrected chi connectivity index (χ2v) is 4.79. The average Bonchev–Trinajstić information content (AvgIpc) is 2.55. The number of urea groups is 1. The van der Waals surface area contributed by atoms with Gasteiger partial charge in [0.1, 0.15) is 5.75 Å². The minimum Gasteiger partial charge on any atom is -0.462 e. The van der Waals surface area contributed by atoms with E-state index in [1.165, 1.54) is 30.3 Å². The van der Waals surface area contributed by atoms with Gasteiger partial charge >= 0.3 is 18.6 Å². The predicted octanol–water partition coefficient (Wildman–Crippen LogP) is 4.11. The quantitative estimate of drug-likeness (QED) is 0.769. The second kappa shape index (κ2) is 8.62. The lowest BCUT2D eigenvalue weighted by Crippen LogP contribution is -2.19. The van der Waals surface area contributed by atoms with Crippen LogP contribution in [0.1, 0.15) is 17.3 Å². The molecule has 0 aliphatic carbocycles. The van der Waals surface area contributed by atoms with Crippen LogP contribution in [-0.4, -0.2) is 25.2 Å². The maximum absolute atomic E-state index is 12.2. The van der Waals surface area contributed by atoms with E-state index in [9.17, 15) is 18.4 Å². The third kappa shape index (κ3) is 5.76. The van der Waals surface area contributed by atoms with Crippen molar-refractivity contribution in [2.75, 3.05) is 17.2 Å². The summed E-state index contributed by atoms with van der Waals surface area (Å²) in [5.74, 6) is -0.569. The van der Waals surface area contributed by atoms with E-state index in [-0.39, 0.29) is 18.0 Å². The molecular formula is C17H16F2N2O4. The highest BCUT2D eigenvalue weighted by atomic mass is 19.3. The largest absolute Gasteiger partial charge is 0.462 e. The van der Waals surface area contributed by atoms with Crippen LogP contribution in [0.5, 0.6) is 5.75 Å². The highest BCUT2D eigenvalue weighted by Crippen LogP contribution is 2.20. The summed E-state index contributed by atoms with van der Waals surface area (Å²) in [6.45, 7) is -1.01. The van der Waals surface area contributed by atoms with Crippen molar-refractivity contribution in [2.45, 2.75) is 13.5 Å². The Morgan fingerprint density at radius 3 is 2.32 bits per heavy atom. The summed E-state index contributed by atoms with van der Waals surface area (Å²) >= 11 is 0. The van der Waals surface area contributed by atoms with Crippen LogP contribution in [0.25, 0.3) is 0 Å². The van der Waals surface area contributed by atoms with Crippen molar-refractivity contribution in [2.24, 2.45) is 0 Å². The summed E-state index contributed by atoms with van der Waals surface area (Å²) in [5.41, 5.74) is 0.951. The molecule has 2 aromatic carbocycles. The Kier molecular flexibility index (Phi) is 6.27. The van der Waals surface area contributed by atoms with Crippen LogP contribution in [0.3, 0.4) is 0 Å². The zero-order chi connectivity index (χ0) is 18.2. The molecule has 0 unspecified atom stereocenters. The van der Waals surface area contributed by atoms with Crippen molar-refractivity contribution in [3.8, 4) is 5.75 Å². The molecule has 25 heavy (non-hydrogen) atoms. The second-order valence-electron chi connectivity index (χ2n) is 4.79. The van der Waals surface area contributed by atoms with E-state index in [2.05, 4.69) is 15.4 Å². The molecule has 0 aliphatic rings. The van der Waals surface area contributed by atoms with Gasteiger partial charge in [0.05, 0.1) is 12.2 Å². The van der Waals surface area contributed by atoms with Gasteiger partial charge in [-0.25, -0.2) is 9.59 Å². The first-order valence-electron chi connectivity index (χ1n) is 7.38. The van der Waals surface area contributed by atoms with Crippen LogP contribution >= 0.6 is 0 Å². The number of hydrogen-bond acceptors (Lipinski definition) is 4. The number of rotatable bonds is 6. The number of carbonyl (C=O) groups excluding carboxylic acids is 2. The molecule has 2 amide bonds. The van der Waals surface area contributed by atoms with Crippen LogP contribution in [-0.2, 0) is 4.74 Å². The number of esters is 1. The van der Waals surface area contributed by atoms with Gasteiger partial charge in [0.2, 0.25) is 0 Å². The standard InChI is InChI=1S/C17H16F2N2O4/c1-2-24-15(22)11-5-3-6-12(9-11)20-17(23)21-13-7-4-8-14(10-13)25-16(18)19/h3-10,16H,2H2,1H3,(H2,20,21,23). The summed E-state index contributed by atoms with van der Waals surface area (Å²) in [6, 6.07) is 11.2. The van der Waals surface area contributed by atoms with Gasteiger partial charge in [-0.15, -0.1) is 0 Å². The lowest BCUT2D eigenvalue weighted by Gasteiger charge is -2.10. The van der Waals surface area contributed by atoms with E-state index in [0.29, 0.717) is 11.3 Å². The van der Waals surface area contributed by atoms with Gasteiger partial charge in [0.15, 0.2) is 0 Å². The molecule has 0 saturated carbocycles. The number of amides is 2. The Bertz CT molecular complexity index is 753. The van der Waals surface area contributed by atoms with Crippen LogP contribution in [0.4, 0.5) is 25.0 Å². The van der Waals surface area contributed by atoms with Gasteiger partial charge in [0, 0.05) is 17.4 Å². The molecule has 2 rings (SSSR count). The molecule has 0 aromatic heterocycles. The van der Waals surface area contributed by atoms with E-state index in [1.807, 2.05) is 0 Å². The zero-order valence-electron chi connectivity index (χ0n) is 13.3. The molecular weight excluding hydrogens is 334 g/mol. The van der Waals surface area contributed by atoms with Crippen molar-refractivity contribution in [3.63, 3.8) is 0 Å². The van der Waals surface area contributed by atoms with Gasteiger partial charge in [-0.1, -0.05) is 12.1 Å². The normalized spacial score (nSPS) is 10.2. The van der Waals surface area contributed by atoms with Crippen molar-refractivity contribution in [1.29, 1.82) is 0 Å². The molecule has 2 aromatic rings. The first-order valence-corrected chi connectivity index (χ1v) is 7.38. The summed E-state index contributed by atoms with van der Waals surface area (Å²) in [5, 5.41) is 5.03. The fourth-order valence-electron chi connectivity index (χ4n) is 1.98. The third-order valence-corrected chi connectivity index (χ3v) is 2.95. The monoisotopic (exact) mass is 350 g/mol. The highest BCUT2D eigenvalue weighted by Gasteiger charge is 2.09. The van der Waals surface area contributed by atoms with Crippen molar-refractivity contribution in [3.05, 3.63) is 54.1 Å². The average molecular weight is 350 g/mol. The first-order chi connectivity index (χ1) is 12.0. The van der Waals surface area contributed by atoms with E-state index in [0.717, 1.165) is 0 Å². The molecule has 132 valence electrons. The van der Waals surface area contributed by atoms with Crippen molar-refractivity contribution in [1.82, 2.24) is 0 Å². The number of alkyl halides is 2. The van der Waals surface area contributed by atoms with Gasteiger partial charge < -0.3 is 20.1 Å². The summed E-state index contributed by atoms with van der Waals surface area (Å²) < 4.78 is 33.6. The predicted molar refractivity (Wildman–Crippen MR) is 88.1 cm³/mol. The summed E-state index contributed by atoms with van der Waals surface area (Å²) in [4.78, 5) is 23.7. The Labute approximate surface area is 142 Å². The number of hydrogen-bond donors (Lipinski definition) is 2. The molecule has 0 saturated heterocycles. The molecule has 0 atom stereocenters. The fraction of sp³-hybridized carbons (Fsp3) is 0.176. The van der Waals surface area contributed by atoms with Crippen LogP contribution < -0.4 is 15.4 Å². The number of carbonyl (C=O) groups is 2. The molecule has 6 nitrogen and oxygen atoms in total. The van der Waals surface area contributed by atoms with Gasteiger partial charge in [0.25, 0.3) is 0 Å². The van der Waals surface area contributed by atoms with Crippen molar-refractivity contribution >= 4 is 23.4 Å². The molecule has 2 N–H and O–H groups in total. The minimum atomic E-state index is -2.95. The maximum Gasteiger partial charge on any atom is 0.387 e. The minimum absolute atomic E-state index is 0.0721. The molecule has 0 aliphatic heterocycles. The Balaban J connectivity index is 2.01. The zero-order valence-corrected chi connectivity index (χ0v) is 13.3. The van der Waals surface area contributed by atoms with Crippen molar-refractivity contribution < 1.29 is 27.8 Å². The smallest absolute Gasteiger partial charge is 0.387 e. The van der Waals surface area contributed by atoms with Gasteiger partial charge in [-0.05, 0) is 37.3 Å². The van der Waals surface area contributed by atoms with Crippen LogP contribution in [0.2, 0.25) is 0 Å². The topological polar surface area (TPSA) is 76.7 Å². The third-order valence-electron chi connectivity index (χ3n) is 2.95. The fourth-order valence-corrected chi connectivity index (χ4v) is 1.98. The van der Waals surface area contributed by atoms with Crippen LogP contribution in [0, 0.1) is 0 Å². The molecule has 0 heterocycles. The number of ether oxygens (including phenoxy) is 2. The number of benzene rings is 2. The Morgan fingerprint density at radius 2 is 1.68 bits per heavy atom. The van der Waals surface area contributed by atoms with Crippen LogP contribution in [0.15, 0.2) is 48.5 Å². The number of halogens is 2. The number of nitrogens with one attached hydrogen (secondary N) is 2. The van der Waals surface area contributed by atoms with E-state index in [4.69, 9.17) is 4.74 Å². The van der Waals surface area contributed by atoms with Gasteiger partial charge in [-0.2, -0.15) is 8.78 Å². The van der Waals surface area contributed by atoms with E-state index < -0.39 is 18.6 Å². The van der Waals surface area contributed by atoms with E-state index >= 15 is 0 Å². The maximum atomic E-state index is 12.2. The molecule has 0 bridgehead atoms. The molecule has 0 fully saturated rings. The van der Waals surface area contributed by atoms with E-state index in [1.54, 1.807) is 25.1 Å². The molecule has 8 heteroatoms. The first kappa shape index (κ1) is 18.2. The lowest BCUT2D eigenvalue weighted by molar-refractivity contribution is -0.0498. The molecule has 0 radical (unpaired) electrons. The number of anilines is 2. The summed E-state index contributed by atoms with van der Waals surface area (Å²) in [7, 11) is 0. The molecule has 0 spiro atoms. The highest BCUT2D eigenvalue weighted by molar-refractivity contribution is 6.00. The lowest BCUT2D eigenvalue weighted by atomic mass is 10.2. The Morgan fingerprint density at radius 1 is 1.04 bits per heavy atom. The van der Waals surface area contributed by atoms with Gasteiger partial charge in [-0.3, -0.25) is 0 Å². The SMILES string of the molecule is CCOC(=O)c1cccc(NC(=O)Nc2cccc(OC(F)F)c2)c1. The summed E-state index contributed by atoms with van der Waals surface area (Å²) in [6.07, 6.45) is 0. The Hall–Kier alpha value is -3.16.